The Balaban J connectivity index is 0.00000117. The third-order valence-corrected chi connectivity index (χ3v) is 3.81. The van der Waals surface area contributed by atoms with Crippen LogP contribution in [0.3, 0.4) is 0 Å². The minimum absolute atomic E-state index is 0.340. The first-order valence-electron chi connectivity index (χ1n) is 7.80. The quantitative estimate of drug-likeness (QED) is 0.682. The number of hydrogen-bond acceptors (Lipinski definition) is 3. The van der Waals surface area contributed by atoms with Crippen molar-refractivity contribution in [2.75, 3.05) is 0 Å². The van der Waals surface area contributed by atoms with Gasteiger partial charge < -0.3 is 10.1 Å². The summed E-state index contributed by atoms with van der Waals surface area (Å²) in [5.74, 6) is -0.911. The molecule has 0 fully saturated rings. The Labute approximate surface area is 161 Å². The Bertz CT molecular complexity index is 910. The van der Waals surface area contributed by atoms with Gasteiger partial charge >= 0.3 is 27.0 Å². The predicted molar refractivity (Wildman–Crippen MR) is 96.0 cm³/mol. The number of carbonyl (C=O) groups is 1. The molecule has 0 aliphatic carbocycles. The van der Waals surface area contributed by atoms with Gasteiger partial charge in [-0.1, -0.05) is 42.5 Å². The van der Waals surface area contributed by atoms with E-state index in [2.05, 4.69) is 9.98 Å². The van der Waals surface area contributed by atoms with Gasteiger partial charge in [0.15, 0.2) is 0 Å². The van der Waals surface area contributed by atoms with Gasteiger partial charge in [-0.25, -0.2) is 4.79 Å². The summed E-state index contributed by atoms with van der Waals surface area (Å²) in [4.78, 5) is 20.2. The van der Waals surface area contributed by atoms with E-state index in [4.69, 9.17) is 3.67 Å². The number of aliphatic imine (C=N–C) groups is 1. The summed E-state index contributed by atoms with van der Waals surface area (Å²) in [5, 5.41) is 9.21. The molecule has 26 heavy (non-hydrogen) atoms. The average Bonchev–Trinajstić information content (AvgIpc) is 3.11. The predicted octanol–water partition coefficient (Wildman–Crippen LogP) is 4.26. The van der Waals surface area contributed by atoms with Gasteiger partial charge in [0.25, 0.3) is 0 Å². The van der Waals surface area contributed by atoms with Crippen molar-refractivity contribution in [1.82, 2.24) is 4.98 Å². The molecule has 0 saturated carbocycles. The zero-order valence-corrected chi connectivity index (χ0v) is 15.8. The number of hydrogen-bond donors (Lipinski definition) is 1. The van der Waals surface area contributed by atoms with Gasteiger partial charge in [0, 0.05) is 6.21 Å². The van der Waals surface area contributed by atoms with E-state index in [0.29, 0.717) is 16.7 Å². The van der Waals surface area contributed by atoms with E-state index < -0.39 is 5.97 Å². The van der Waals surface area contributed by atoms with Crippen LogP contribution < -0.4 is 4.98 Å². The fourth-order valence-electron chi connectivity index (χ4n) is 2.71. The molecule has 1 heterocycles. The molecule has 131 valence electrons. The molecule has 0 bridgehead atoms. The normalized spacial score (nSPS) is 10.3. The van der Waals surface area contributed by atoms with Gasteiger partial charge in [-0.3, -0.25) is 4.99 Å². The van der Waals surface area contributed by atoms with Gasteiger partial charge in [0.1, 0.15) is 0 Å². The minimum atomic E-state index is -0.911. The van der Waals surface area contributed by atoms with Gasteiger partial charge in [0.05, 0.1) is 11.3 Å². The Morgan fingerprint density at radius 1 is 1.04 bits per heavy atom. The van der Waals surface area contributed by atoms with E-state index in [1.165, 1.54) is 0 Å². The number of aryl methyl sites for hydroxylation is 2. The summed E-state index contributed by atoms with van der Waals surface area (Å²) < 4.78 is 8.19. The van der Waals surface area contributed by atoms with Crippen molar-refractivity contribution in [3.63, 3.8) is 0 Å². The molecule has 0 aliphatic heterocycles. The monoisotopic (exact) mass is 384 g/mol. The average molecular weight is 384 g/mol. The first-order chi connectivity index (χ1) is 12.5. The molecule has 6 heteroatoms. The standard InChI is InChI=1S/C20H18N2O2.O.V/c1-13-10-17(11-14(2)19(13)20(23)24)21-12-16-8-9-18(22-16)15-6-4-3-5-7-15;;/h3-12H,1-2H3,(H2,21,22,23,24);;/p-1. The van der Waals surface area contributed by atoms with Gasteiger partial charge in [-0.15, -0.1) is 11.4 Å². The molecular weight excluding hydrogens is 367 g/mol. The summed E-state index contributed by atoms with van der Waals surface area (Å²) in [6, 6.07) is 17.4. The molecule has 5 nitrogen and oxygen atoms in total. The summed E-state index contributed by atoms with van der Waals surface area (Å²) in [6.45, 7) is 3.56. The summed E-state index contributed by atoms with van der Waals surface area (Å²) in [5.41, 5.74) is 5.21. The Morgan fingerprint density at radius 2 is 1.65 bits per heavy atom. The van der Waals surface area contributed by atoms with Crippen LogP contribution in [0.5, 0.6) is 0 Å². The van der Waals surface area contributed by atoms with Crippen molar-refractivity contribution >= 4 is 17.9 Å². The van der Waals surface area contributed by atoms with Crippen LogP contribution >= 0.6 is 0 Å². The number of aromatic nitrogens is 1. The molecule has 0 aliphatic rings. The third kappa shape index (κ3) is 4.66. The van der Waals surface area contributed by atoms with E-state index in [9.17, 15) is 9.90 Å². The second-order valence-corrected chi connectivity index (χ2v) is 5.64. The van der Waals surface area contributed by atoms with E-state index in [1.54, 1.807) is 32.2 Å². The van der Waals surface area contributed by atoms with Gasteiger partial charge in [0.2, 0.25) is 0 Å². The van der Waals surface area contributed by atoms with Gasteiger partial charge in [-0.05, 0) is 42.7 Å². The molecule has 2 aromatic carbocycles. The van der Waals surface area contributed by atoms with Crippen LogP contribution in [0.25, 0.3) is 11.3 Å². The van der Waals surface area contributed by atoms with Crippen LogP contribution in [0.1, 0.15) is 27.2 Å². The molecule has 0 unspecified atom stereocenters. The molecule has 0 radical (unpaired) electrons. The molecule has 3 rings (SSSR count). The second-order valence-electron chi connectivity index (χ2n) is 5.64. The zero-order valence-electron chi connectivity index (χ0n) is 14.4. The van der Waals surface area contributed by atoms with Gasteiger partial charge in [-0.2, -0.15) is 0 Å². The summed E-state index contributed by atoms with van der Waals surface area (Å²) in [6.07, 6.45) is 1.70. The van der Waals surface area contributed by atoms with Crippen molar-refractivity contribution in [3.05, 3.63) is 77.0 Å². The van der Waals surface area contributed by atoms with Crippen molar-refractivity contribution in [1.29, 1.82) is 0 Å². The number of aromatic carboxylic acids is 1. The molecule has 0 spiro atoms. The third-order valence-electron chi connectivity index (χ3n) is 3.81. The first kappa shape index (κ1) is 19.6. The molecule has 0 amide bonds. The number of rotatable bonds is 4. The van der Waals surface area contributed by atoms with E-state index in [0.717, 1.165) is 40.0 Å². The SMILES string of the molecule is Cc1cc(N=Cc2ccc(-c3ccccc3)[n-]2)cc(C)c1C(=O)O.[O]=[V]. The fraction of sp³-hybridized carbons (Fsp3) is 0.100. The maximum absolute atomic E-state index is 11.2. The van der Waals surface area contributed by atoms with Crippen LogP contribution in [-0.2, 0) is 21.0 Å². The molecule has 3 aromatic rings. The first-order valence-corrected chi connectivity index (χ1v) is 8.37. The summed E-state index contributed by atoms with van der Waals surface area (Å²) >= 11 is 1.06. The van der Waals surface area contributed by atoms with Crippen LogP contribution in [0.4, 0.5) is 5.69 Å². The number of carboxylic acid groups (broad SMARTS) is 1. The Morgan fingerprint density at radius 3 is 2.23 bits per heavy atom. The van der Waals surface area contributed by atoms with E-state index in [1.807, 2.05) is 42.5 Å². The van der Waals surface area contributed by atoms with Crippen LogP contribution in [0, 0.1) is 13.8 Å². The fourth-order valence-corrected chi connectivity index (χ4v) is 2.71. The van der Waals surface area contributed by atoms with Crippen LogP contribution in [0.15, 0.2) is 59.6 Å². The molecule has 0 atom stereocenters. The van der Waals surface area contributed by atoms with Crippen molar-refractivity contribution in [2.24, 2.45) is 4.99 Å². The van der Waals surface area contributed by atoms with Crippen molar-refractivity contribution in [3.8, 4) is 11.3 Å². The van der Waals surface area contributed by atoms with Crippen LogP contribution in [-0.4, -0.2) is 17.3 Å². The van der Waals surface area contributed by atoms with E-state index in [-0.39, 0.29) is 0 Å². The Kier molecular flexibility index (Phi) is 6.84. The topological polar surface area (TPSA) is 80.8 Å². The number of benzene rings is 2. The Hall–Kier alpha value is -2.76. The zero-order chi connectivity index (χ0) is 19.1. The maximum atomic E-state index is 11.2. The molecule has 0 saturated heterocycles. The van der Waals surface area contributed by atoms with Crippen molar-refractivity contribution in [2.45, 2.75) is 13.8 Å². The van der Waals surface area contributed by atoms with E-state index >= 15 is 0 Å². The number of carboxylic acids is 1. The van der Waals surface area contributed by atoms with Crippen LogP contribution in [0.2, 0.25) is 0 Å². The van der Waals surface area contributed by atoms with Crippen molar-refractivity contribution < 1.29 is 30.9 Å². The second kappa shape index (κ2) is 9.08. The summed E-state index contributed by atoms with van der Waals surface area (Å²) in [7, 11) is 0. The number of nitrogens with zero attached hydrogens (tertiary/aromatic N) is 2. The molecular formula is C20H17N2O3V-. The molecule has 1 N–H and O–H groups in total. The molecule has 1 aromatic heterocycles.